The molecule has 1 aliphatic heterocycles. The lowest BCUT2D eigenvalue weighted by atomic mass is 10.1. The number of aryl methyl sites for hydroxylation is 2. The Bertz CT molecular complexity index is 838. The molecule has 0 amide bonds. The van der Waals surface area contributed by atoms with E-state index in [9.17, 15) is 13.2 Å². The molecule has 0 bridgehead atoms. The topological polar surface area (TPSA) is 68.7 Å². The van der Waals surface area contributed by atoms with Gasteiger partial charge in [-0.05, 0) is 37.6 Å². The normalized spacial score (nSPS) is 16.0. The largest absolute Gasteiger partial charge is 0.416 e. The highest BCUT2D eigenvalue weighted by Crippen LogP contribution is 2.34. The van der Waals surface area contributed by atoms with Crippen molar-refractivity contribution in [2.24, 2.45) is 10.7 Å². The zero-order valence-corrected chi connectivity index (χ0v) is 15.3. The van der Waals surface area contributed by atoms with Crippen molar-refractivity contribution < 1.29 is 17.9 Å². The SMILES string of the molecule is Cc1cc(C)n(-c2ccc(CN=C(N)N3CCOCC3)c(C(F)(F)F)c2)n1. The molecule has 2 N–H and O–H groups in total. The smallest absolute Gasteiger partial charge is 0.378 e. The highest BCUT2D eigenvalue weighted by atomic mass is 19.4. The number of hydrogen-bond donors (Lipinski definition) is 1. The van der Waals surface area contributed by atoms with Crippen molar-refractivity contribution in [3.63, 3.8) is 0 Å². The average Bonchev–Trinajstić information content (AvgIpc) is 2.97. The van der Waals surface area contributed by atoms with Crippen molar-refractivity contribution in [1.29, 1.82) is 0 Å². The molecule has 6 nitrogen and oxygen atoms in total. The summed E-state index contributed by atoms with van der Waals surface area (Å²) in [5.74, 6) is 0.231. The maximum Gasteiger partial charge on any atom is 0.416 e. The molecule has 2 aromatic rings. The Kier molecular flexibility index (Phi) is 5.41. The Morgan fingerprint density at radius 2 is 1.93 bits per heavy atom. The van der Waals surface area contributed by atoms with Gasteiger partial charge in [0.1, 0.15) is 0 Å². The van der Waals surface area contributed by atoms with Crippen molar-refractivity contribution in [2.45, 2.75) is 26.6 Å². The number of guanidine groups is 1. The predicted molar refractivity (Wildman–Crippen MR) is 95.8 cm³/mol. The summed E-state index contributed by atoms with van der Waals surface area (Å²) in [6, 6.07) is 5.97. The summed E-state index contributed by atoms with van der Waals surface area (Å²) < 4.78 is 47.5. The minimum atomic E-state index is -4.50. The van der Waals surface area contributed by atoms with Crippen LogP contribution in [0.1, 0.15) is 22.5 Å². The van der Waals surface area contributed by atoms with Gasteiger partial charge in [0.15, 0.2) is 5.96 Å². The van der Waals surface area contributed by atoms with Gasteiger partial charge in [-0.3, -0.25) is 0 Å². The molecular formula is C18H22F3N5O. The van der Waals surface area contributed by atoms with Crippen LogP contribution < -0.4 is 5.73 Å². The molecule has 0 atom stereocenters. The number of aliphatic imine (C=N–C) groups is 1. The Labute approximate surface area is 155 Å². The lowest BCUT2D eigenvalue weighted by molar-refractivity contribution is -0.138. The average molecular weight is 381 g/mol. The molecule has 1 aromatic carbocycles. The summed E-state index contributed by atoms with van der Waals surface area (Å²) >= 11 is 0. The highest BCUT2D eigenvalue weighted by Gasteiger charge is 2.34. The molecule has 9 heteroatoms. The zero-order valence-electron chi connectivity index (χ0n) is 15.3. The van der Waals surface area contributed by atoms with E-state index in [0.29, 0.717) is 32.0 Å². The van der Waals surface area contributed by atoms with Crippen molar-refractivity contribution in [3.05, 3.63) is 46.8 Å². The molecule has 0 saturated carbocycles. The van der Waals surface area contributed by atoms with E-state index in [-0.39, 0.29) is 18.1 Å². The van der Waals surface area contributed by atoms with Gasteiger partial charge in [0.25, 0.3) is 0 Å². The third-order valence-electron chi connectivity index (χ3n) is 4.40. The second kappa shape index (κ2) is 7.59. The number of nitrogens with zero attached hydrogens (tertiary/aromatic N) is 4. The van der Waals surface area contributed by atoms with Gasteiger partial charge in [-0.2, -0.15) is 18.3 Å². The van der Waals surface area contributed by atoms with Gasteiger partial charge in [-0.15, -0.1) is 0 Å². The fourth-order valence-corrected chi connectivity index (χ4v) is 3.05. The second-order valence-electron chi connectivity index (χ2n) is 6.45. The van der Waals surface area contributed by atoms with E-state index < -0.39 is 11.7 Å². The quantitative estimate of drug-likeness (QED) is 0.656. The maximum atomic E-state index is 13.6. The van der Waals surface area contributed by atoms with Crippen LogP contribution in [0.4, 0.5) is 13.2 Å². The molecule has 0 unspecified atom stereocenters. The van der Waals surface area contributed by atoms with Gasteiger partial charge in [0, 0.05) is 18.8 Å². The van der Waals surface area contributed by atoms with Crippen molar-refractivity contribution in [1.82, 2.24) is 14.7 Å². The number of morpholine rings is 1. The highest BCUT2D eigenvalue weighted by molar-refractivity contribution is 5.78. The Morgan fingerprint density at radius 1 is 1.22 bits per heavy atom. The van der Waals surface area contributed by atoms with Crippen molar-refractivity contribution in [3.8, 4) is 5.69 Å². The summed E-state index contributed by atoms with van der Waals surface area (Å²) in [5, 5.41) is 4.25. The summed E-state index contributed by atoms with van der Waals surface area (Å²) in [7, 11) is 0. The Morgan fingerprint density at radius 3 is 2.52 bits per heavy atom. The number of aromatic nitrogens is 2. The van der Waals surface area contributed by atoms with E-state index >= 15 is 0 Å². The Hall–Kier alpha value is -2.55. The van der Waals surface area contributed by atoms with Gasteiger partial charge in [-0.25, -0.2) is 9.67 Å². The molecule has 0 radical (unpaired) electrons. The number of benzene rings is 1. The van der Waals surface area contributed by atoms with Crippen LogP contribution in [0.5, 0.6) is 0 Å². The first-order chi connectivity index (χ1) is 12.8. The minimum absolute atomic E-state index is 0.0731. The van der Waals surface area contributed by atoms with Gasteiger partial charge in [-0.1, -0.05) is 6.07 Å². The summed E-state index contributed by atoms with van der Waals surface area (Å²) in [5.41, 5.74) is 7.14. The van der Waals surface area contributed by atoms with Crippen LogP contribution in [0.2, 0.25) is 0 Å². The molecule has 146 valence electrons. The molecule has 27 heavy (non-hydrogen) atoms. The fourth-order valence-electron chi connectivity index (χ4n) is 3.05. The number of rotatable bonds is 3. The van der Waals surface area contributed by atoms with Crippen LogP contribution in [0.25, 0.3) is 5.69 Å². The van der Waals surface area contributed by atoms with Crippen LogP contribution >= 0.6 is 0 Å². The lowest BCUT2D eigenvalue weighted by Gasteiger charge is -2.27. The van der Waals surface area contributed by atoms with E-state index in [1.54, 1.807) is 24.8 Å². The van der Waals surface area contributed by atoms with E-state index in [1.165, 1.54) is 10.7 Å². The molecule has 0 aliphatic carbocycles. The third-order valence-corrected chi connectivity index (χ3v) is 4.40. The van der Waals surface area contributed by atoms with E-state index in [2.05, 4.69) is 10.1 Å². The molecule has 2 heterocycles. The summed E-state index contributed by atoms with van der Waals surface area (Å²) in [6.45, 7) is 5.68. The number of nitrogens with two attached hydrogens (primary N) is 1. The number of hydrogen-bond acceptors (Lipinski definition) is 3. The van der Waals surface area contributed by atoms with E-state index in [0.717, 1.165) is 17.5 Å². The molecule has 1 saturated heterocycles. The fraction of sp³-hybridized carbons (Fsp3) is 0.444. The van der Waals surface area contributed by atoms with Crippen molar-refractivity contribution in [2.75, 3.05) is 26.3 Å². The summed E-state index contributed by atoms with van der Waals surface area (Å²) in [4.78, 5) is 5.97. The van der Waals surface area contributed by atoms with Gasteiger partial charge in [0.2, 0.25) is 0 Å². The molecule has 3 rings (SSSR count). The zero-order chi connectivity index (χ0) is 19.6. The van der Waals surface area contributed by atoms with E-state index in [4.69, 9.17) is 10.5 Å². The molecular weight excluding hydrogens is 359 g/mol. The summed E-state index contributed by atoms with van der Waals surface area (Å²) in [6.07, 6.45) is -4.50. The third kappa shape index (κ3) is 4.41. The molecule has 1 fully saturated rings. The van der Waals surface area contributed by atoms with Crippen LogP contribution in [0.15, 0.2) is 29.3 Å². The maximum absolute atomic E-state index is 13.6. The first-order valence-electron chi connectivity index (χ1n) is 8.62. The number of alkyl halides is 3. The van der Waals surface area contributed by atoms with Crippen LogP contribution in [0.3, 0.4) is 0 Å². The lowest BCUT2D eigenvalue weighted by Crippen LogP contribution is -2.44. The van der Waals surface area contributed by atoms with E-state index in [1.807, 2.05) is 6.07 Å². The van der Waals surface area contributed by atoms with Gasteiger partial charge in [0.05, 0.1) is 36.7 Å². The van der Waals surface area contributed by atoms with Crippen molar-refractivity contribution >= 4 is 5.96 Å². The predicted octanol–water partition coefficient (Wildman–Crippen LogP) is 2.65. The first kappa shape index (κ1) is 19.2. The van der Waals surface area contributed by atoms with Gasteiger partial charge >= 0.3 is 6.18 Å². The van der Waals surface area contributed by atoms with Gasteiger partial charge < -0.3 is 15.4 Å². The minimum Gasteiger partial charge on any atom is -0.378 e. The second-order valence-corrected chi connectivity index (χ2v) is 6.45. The molecule has 1 aliphatic rings. The number of ether oxygens (including phenoxy) is 1. The molecule has 0 spiro atoms. The number of halogens is 3. The van der Waals surface area contributed by atoms with Crippen LogP contribution in [-0.4, -0.2) is 46.9 Å². The standard InChI is InChI=1S/C18H22F3N5O/c1-12-9-13(2)26(24-12)15-4-3-14(16(10-15)18(19,20)21)11-23-17(22)25-5-7-27-8-6-25/h3-4,9-10H,5-8,11H2,1-2H3,(H2,22,23). The Balaban J connectivity index is 1.89. The van der Waals surface area contributed by atoms with Crippen LogP contribution in [-0.2, 0) is 17.5 Å². The monoisotopic (exact) mass is 381 g/mol. The first-order valence-corrected chi connectivity index (χ1v) is 8.62. The molecule has 1 aromatic heterocycles. The van der Waals surface area contributed by atoms with Crippen LogP contribution in [0, 0.1) is 13.8 Å².